The number of hydrogen-bond donors (Lipinski definition) is 1. The summed E-state index contributed by atoms with van der Waals surface area (Å²) in [5.74, 6) is -0.810. The van der Waals surface area contributed by atoms with Crippen molar-refractivity contribution in [3.8, 4) is 0 Å². The monoisotopic (exact) mass is 508 g/mol. The van der Waals surface area contributed by atoms with E-state index in [0.29, 0.717) is 19.3 Å². The standard InChI is InChI=1S/C27H32N4O4S/c1-20-7-12-25(22-5-3-2-4-6-22)36(34,35)31(20)17-21-8-10-23(11-9-21)27(26(32)33)15-13-24(14-16-27)30-18-28-29-19-30/h2-6,8-11,18-20,24-25H,7,12-17H2,1H3,(H,32,33)/t20-,24-,25+,27-/m0/s1. The van der Waals surface area contributed by atoms with Crippen LogP contribution in [-0.4, -0.2) is 44.6 Å². The lowest BCUT2D eigenvalue weighted by atomic mass is 9.68. The van der Waals surface area contributed by atoms with Crippen molar-refractivity contribution >= 4 is 16.0 Å². The Balaban J connectivity index is 1.34. The first-order valence-corrected chi connectivity index (χ1v) is 14.0. The smallest absolute Gasteiger partial charge is 0.314 e. The van der Waals surface area contributed by atoms with Crippen LogP contribution < -0.4 is 0 Å². The summed E-state index contributed by atoms with van der Waals surface area (Å²) in [6, 6.07) is 17.1. The quantitative estimate of drug-likeness (QED) is 0.527. The third kappa shape index (κ3) is 4.46. The SMILES string of the molecule is C[C@H]1CC[C@H](c2ccccc2)S(=O)(=O)N1Cc1ccc([C@]2(C(=O)O)CC[C@H](n3cnnc3)CC2)cc1. The molecule has 0 amide bonds. The van der Waals surface area contributed by atoms with Gasteiger partial charge in [0.05, 0.1) is 5.41 Å². The Morgan fingerprint density at radius 1 is 0.972 bits per heavy atom. The van der Waals surface area contributed by atoms with E-state index >= 15 is 0 Å². The minimum absolute atomic E-state index is 0.0899. The van der Waals surface area contributed by atoms with E-state index in [1.807, 2.05) is 66.1 Å². The molecule has 2 fully saturated rings. The molecule has 1 aromatic heterocycles. The molecule has 0 radical (unpaired) electrons. The molecule has 2 aromatic carbocycles. The van der Waals surface area contributed by atoms with Gasteiger partial charge in [0.1, 0.15) is 17.9 Å². The average molecular weight is 509 g/mol. The number of rotatable bonds is 6. The third-order valence-corrected chi connectivity index (χ3v) is 10.5. The second-order valence-corrected chi connectivity index (χ2v) is 12.2. The summed E-state index contributed by atoms with van der Waals surface area (Å²) in [6.45, 7) is 2.24. The van der Waals surface area contributed by atoms with Crippen LogP contribution in [0.2, 0.25) is 0 Å². The van der Waals surface area contributed by atoms with Gasteiger partial charge in [0, 0.05) is 18.6 Å². The fraction of sp³-hybridized carbons (Fsp3) is 0.444. The van der Waals surface area contributed by atoms with Crippen LogP contribution in [0, 0.1) is 0 Å². The Bertz CT molecular complexity index is 1290. The van der Waals surface area contributed by atoms with Gasteiger partial charge in [-0.1, -0.05) is 54.6 Å². The molecule has 5 rings (SSSR count). The first-order valence-electron chi connectivity index (χ1n) is 12.5. The van der Waals surface area contributed by atoms with E-state index in [1.165, 1.54) is 0 Å². The van der Waals surface area contributed by atoms with Crippen LogP contribution in [0.15, 0.2) is 67.3 Å². The van der Waals surface area contributed by atoms with E-state index in [1.54, 1.807) is 17.0 Å². The van der Waals surface area contributed by atoms with Crippen molar-refractivity contribution in [2.75, 3.05) is 0 Å². The van der Waals surface area contributed by atoms with Crippen LogP contribution in [0.3, 0.4) is 0 Å². The van der Waals surface area contributed by atoms with Crippen LogP contribution in [0.4, 0.5) is 0 Å². The second-order valence-electron chi connectivity index (χ2n) is 10.1. The Hall–Kier alpha value is -3.04. The van der Waals surface area contributed by atoms with E-state index in [4.69, 9.17) is 0 Å². The van der Waals surface area contributed by atoms with Gasteiger partial charge in [-0.25, -0.2) is 8.42 Å². The van der Waals surface area contributed by atoms with Crippen molar-refractivity contribution in [3.05, 3.63) is 83.9 Å². The zero-order valence-corrected chi connectivity index (χ0v) is 21.2. The summed E-state index contributed by atoms with van der Waals surface area (Å²) < 4.78 is 30.7. The van der Waals surface area contributed by atoms with Crippen molar-refractivity contribution in [2.24, 2.45) is 0 Å². The lowest BCUT2D eigenvalue weighted by Crippen LogP contribution is -2.44. The number of sulfonamides is 1. The number of carboxylic acid groups (broad SMARTS) is 1. The summed E-state index contributed by atoms with van der Waals surface area (Å²) >= 11 is 0. The van der Waals surface area contributed by atoms with Crippen LogP contribution in [0.25, 0.3) is 0 Å². The molecule has 2 heterocycles. The van der Waals surface area contributed by atoms with E-state index in [2.05, 4.69) is 10.2 Å². The molecule has 1 saturated heterocycles. The van der Waals surface area contributed by atoms with Crippen molar-refractivity contribution in [3.63, 3.8) is 0 Å². The van der Waals surface area contributed by atoms with Gasteiger partial charge in [-0.3, -0.25) is 4.79 Å². The molecular formula is C27H32N4O4S. The van der Waals surface area contributed by atoms with Gasteiger partial charge in [-0.2, -0.15) is 4.31 Å². The number of aliphatic carboxylic acids is 1. The molecule has 1 N–H and O–H groups in total. The molecule has 0 spiro atoms. The zero-order chi connectivity index (χ0) is 25.3. The highest BCUT2D eigenvalue weighted by Gasteiger charge is 2.44. The summed E-state index contributed by atoms with van der Waals surface area (Å²) in [5.41, 5.74) is 1.53. The van der Waals surface area contributed by atoms with E-state index in [0.717, 1.165) is 36.0 Å². The molecule has 0 bridgehead atoms. The van der Waals surface area contributed by atoms with Gasteiger partial charge >= 0.3 is 5.97 Å². The Labute approximate surface area is 212 Å². The number of aromatic nitrogens is 3. The molecule has 190 valence electrons. The lowest BCUT2D eigenvalue weighted by molar-refractivity contribution is -0.145. The highest BCUT2D eigenvalue weighted by Crippen LogP contribution is 2.44. The summed E-state index contributed by atoms with van der Waals surface area (Å²) in [4.78, 5) is 12.5. The first-order chi connectivity index (χ1) is 17.3. The van der Waals surface area contributed by atoms with Crippen LogP contribution in [0.1, 0.15) is 73.4 Å². The van der Waals surface area contributed by atoms with Gasteiger partial charge in [0.2, 0.25) is 10.0 Å². The molecule has 36 heavy (non-hydrogen) atoms. The van der Waals surface area contributed by atoms with Gasteiger partial charge < -0.3 is 9.67 Å². The fourth-order valence-electron chi connectivity index (χ4n) is 5.88. The number of carbonyl (C=O) groups is 1. The average Bonchev–Trinajstić information content (AvgIpc) is 3.42. The number of hydrogen-bond acceptors (Lipinski definition) is 5. The van der Waals surface area contributed by atoms with Crippen molar-refractivity contribution in [2.45, 2.75) is 74.7 Å². The zero-order valence-electron chi connectivity index (χ0n) is 20.4. The van der Waals surface area contributed by atoms with E-state index in [-0.39, 0.29) is 18.6 Å². The largest absolute Gasteiger partial charge is 0.481 e. The Morgan fingerprint density at radius 2 is 1.61 bits per heavy atom. The minimum Gasteiger partial charge on any atom is -0.481 e. The maximum absolute atomic E-state index is 13.5. The highest BCUT2D eigenvalue weighted by atomic mass is 32.2. The molecule has 2 aliphatic rings. The van der Waals surface area contributed by atoms with E-state index in [9.17, 15) is 18.3 Å². The minimum atomic E-state index is -3.52. The molecule has 3 aromatic rings. The maximum Gasteiger partial charge on any atom is 0.314 e. The predicted octanol–water partition coefficient (Wildman–Crippen LogP) is 4.47. The van der Waals surface area contributed by atoms with Crippen LogP contribution in [-0.2, 0) is 26.8 Å². The van der Waals surface area contributed by atoms with Gasteiger partial charge in [0.25, 0.3) is 0 Å². The normalized spacial score (nSPS) is 28.5. The molecule has 2 atom stereocenters. The molecule has 1 aliphatic heterocycles. The lowest BCUT2D eigenvalue weighted by Gasteiger charge is -2.38. The van der Waals surface area contributed by atoms with Crippen molar-refractivity contribution in [1.29, 1.82) is 0 Å². The molecule has 8 nitrogen and oxygen atoms in total. The molecule has 1 aliphatic carbocycles. The van der Waals surface area contributed by atoms with Crippen molar-refractivity contribution in [1.82, 2.24) is 19.1 Å². The maximum atomic E-state index is 13.5. The Morgan fingerprint density at radius 3 is 2.22 bits per heavy atom. The molecule has 0 unspecified atom stereocenters. The predicted molar refractivity (Wildman–Crippen MR) is 136 cm³/mol. The van der Waals surface area contributed by atoms with Gasteiger partial charge in [-0.05, 0) is 62.1 Å². The van der Waals surface area contributed by atoms with Crippen LogP contribution in [0.5, 0.6) is 0 Å². The summed E-state index contributed by atoms with van der Waals surface area (Å²) in [7, 11) is -3.52. The molecule has 1 saturated carbocycles. The molecular weight excluding hydrogens is 476 g/mol. The van der Waals surface area contributed by atoms with Gasteiger partial charge in [-0.15, -0.1) is 10.2 Å². The second kappa shape index (κ2) is 9.78. The van der Waals surface area contributed by atoms with Gasteiger partial charge in [0.15, 0.2) is 0 Å². The van der Waals surface area contributed by atoms with Crippen molar-refractivity contribution < 1.29 is 18.3 Å². The summed E-state index contributed by atoms with van der Waals surface area (Å²) in [6.07, 6.45) is 7.30. The van der Waals surface area contributed by atoms with E-state index < -0.39 is 26.7 Å². The first kappa shape index (κ1) is 24.6. The number of carboxylic acids is 1. The topological polar surface area (TPSA) is 105 Å². The third-order valence-electron chi connectivity index (χ3n) is 8.12. The number of benzene rings is 2. The number of nitrogens with zero attached hydrogens (tertiary/aromatic N) is 4. The Kier molecular flexibility index (Phi) is 6.70. The fourth-order valence-corrected chi connectivity index (χ4v) is 8.08. The summed E-state index contributed by atoms with van der Waals surface area (Å²) in [5, 5.41) is 17.4. The highest BCUT2D eigenvalue weighted by molar-refractivity contribution is 7.89. The molecule has 9 heteroatoms. The van der Waals surface area contributed by atoms with Crippen LogP contribution >= 0.6 is 0 Å².